The van der Waals surface area contributed by atoms with Gasteiger partial charge in [0.15, 0.2) is 0 Å². The fourth-order valence-corrected chi connectivity index (χ4v) is 2.20. The van der Waals surface area contributed by atoms with Gasteiger partial charge in [0.05, 0.1) is 12.5 Å². The van der Waals surface area contributed by atoms with Crippen LogP contribution in [0.5, 0.6) is 0 Å². The van der Waals surface area contributed by atoms with E-state index < -0.39 is 11.6 Å². The second kappa shape index (κ2) is 6.66. The number of halogens is 2. The molecule has 2 aromatic rings. The van der Waals surface area contributed by atoms with E-state index >= 15 is 0 Å². The SMILES string of the molecule is CCCNC(Cc1ccoc1)c1cc(C)c(F)cc1F. The number of benzene rings is 1. The van der Waals surface area contributed by atoms with E-state index in [1.807, 2.05) is 13.0 Å². The van der Waals surface area contributed by atoms with E-state index in [2.05, 4.69) is 5.32 Å². The van der Waals surface area contributed by atoms with Crippen molar-refractivity contribution in [2.24, 2.45) is 0 Å². The maximum absolute atomic E-state index is 14.0. The summed E-state index contributed by atoms with van der Waals surface area (Å²) in [6.07, 6.45) is 4.80. The van der Waals surface area contributed by atoms with Crippen molar-refractivity contribution < 1.29 is 13.2 Å². The van der Waals surface area contributed by atoms with Crippen molar-refractivity contribution in [3.8, 4) is 0 Å². The van der Waals surface area contributed by atoms with Crippen LogP contribution in [0.2, 0.25) is 0 Å². The smallest absolute Gasteiger partial charge is 0.130 e. The van der Waals surface area contributed by atoms with Gasteiger partial charge in [-0.25, -0.2) is 8.78 Å². The highest BCUT2D eigenvalue weighted by Crippen LogP contribution is 2.24. The molecule has 108 valence electrons. The van der Waals surface area contributed by atoms with Crippen LogP contribution < -0.4 is 5.32 Å². The summed E-state index contributed by atoms with van der Waals surface area (Å²) in [5.74, 6) is -1.02. The standard InChI is InChI=1S/C16H19F2NO/c1-3-5-19-16(8-12-4-6-20-10-12)13-7-11(2)14(17)9-15(13)18/h4,6-7,9-10,16,19H,3,5,8H2,1-2H3. The third-order valence-electron chi connectivity index (χ3n) is 3.31. The maximum Gasteiger partial charge on any atom is 0.130 e. The topological polar surface area (TPSA) is 25.2 Å². The van der Waals surface area contributed by atoms with Crippen molar-refractivity contribution in [3.63, 3.8) is 0 Å². The lowest BCUT2D eigenvalue weighted by Crippen LogP contribution is -2.25. The Bertz CT molecular complexity index is 552. The summed E-state index contributed by atoms with van der Waals surface area (Å²) in [6.45, 7) is 4.47. The van der Waals surface area contributed by atoms with E-state index in [4.69, 9.17) is 4.42 Å². The summed E-state index contributed by atoms with van der Waals surface area (Å²) in [4.78, 5) is 0. The summed E-state index contributed by atoms with van der Waals surface area (Å²) in [6, 6.07) is 4.21. The second-order valence-corrected chi connectivity index (χ2v) is 4.97. The molecule has 0 saturated heterocycles. The first-order valence-corrected chi connectivity index (χ1v) is 6.81. The quantitative estimate of drug-likeness (QED) is 0.859. The lowest BCUT2D eigenvalue weighted by atomic mass is 9.98. The highest BCUT2D eigenvalue weighted by molar-refractivity contribution is 5.29. The van der Waals surface area contributed by atoms with Crippen LogP contribution in [-0.4, -0.2) is 6.54 Å². The lowest BCUT2D eigenvalue weighted by Gasteiger charge is -2.19. The van der Waals surface area contributed by atoms with Crippen LogP contribution in [0.4, 0.5) is 8.78 Å². The summed E-state index contributed by atoms with van der Waals surface area (Å²) in [5, 5.41) is 3.31. The van der Waals surface area contributed by atoms with Crippen LogP contribution in [0.15, 0.2) is 35.1 Å². The minimum atomic E-state index is -0.510. The number of aryl methyl sites for hydroxylation is 1. The van der Waals surface area contributed by atoms with Crippen molar-refractivity contribution in [2.45, 2.75) is 32.7 Å². The zero-order chi connectivity index (χ0) is 14.5. The fourth-order valence-electron chi connectivity index (χ4n) is 2.20. The Kier molecular flexibility index (Phi) is 4.90. The molecule has 0 bridgehead atoms. The Morgan fingerprint density at radius 1 is 1.25 bits per heavy atom. The summed E-state index contributed by atoms with van der Waals surface area (Å²) >= 11 is 0. The van der Waals surface area contributed by atoms with Crippen LogP contribution in [0.3, 0.4) is 0 Å². The molecule has 0 radical (unpaired) electrons. The molecule has 0 spiro atoms. The minimum Gasteiger partial charge on any atom is -0.472 e. The van der Waals surface area contributed by atoms with Gasteiger partial charge in [0.25, 0.3) is 0 Å². The molecule has 20 heavy (non-hydrogen) atoms. The molecule has 0 fully saturated rings. The van der Waals surface area contributed by atoms with Crippen molar-refractivity contribution in [1.82, 2.24) is 5.32 Å². The first-order chi connectivity index (χ1) is 9.61. The van der Waals surface area contributed by atoms with Gasteiger partial charge in [-0.15, -0.1) is 0 Å². The molecule has 2 rings (SSSR count). The molecule has 1 unspecified atom stereocenters. The Labute approximate surface area is 117 Å². The molecular formula is C16H19F2NO. The third kappa shape index (κ3) is 3.45. The van der Waals surface area contributed by atoms with Gasteiger partial charge in [-0.2, -0.15) is 0 Å². The molecule has 1 aromatic heterocycles. The minimum absolute atomic E-state index is 0.188. The second-order valence-electron chi connectivity index (χ2n) is 4.97. The predicted octanol–water partition coefficient (Wildman–Crippen LogP) is 4.15. The molecule has 2 nitrogen and oxygen atoms in total. The van der Waals surface area contributed by atoms with E-state index in [1.54, 1.807) is 25.5 Å². The number of hydrogen-bond donors (Lipinski definition) is 1. The zero-order valence-electron chi connectivity index (χ0n) is 11.7. The molecule has 4 heteroatoms. The monoisotopic (exact) mass is 279 g/mol. The molecule has 0 aliphatic heterocycles. The normalized spacial score (nSPS) is 12.6. The number of rotatable bonds is 6. The lowest BCUT2D eigenvalue weighted by molar-refractivity contribution is 0.486. The van der Waals surface area contributed by atoms with Gasteiger partial charge in [-0.1, -0.05) is 6.92 Å². The van der Waals surface area contributed by atoms with Crippen molar-refractivity contribution in [1.29, 1.82) is 0 Å². The molecule has 0 amide bonds. The number of nitrogens with one attached hydrogen (secondary N) is 1. The maximum atomic E-state index is 14.0. The molecule has 0 aliphatic rings. The van der Waals surface area contributed by atoms with Gasteiger partial charge in [0, 0.05) is 17.7 Å². The number of furan rings is 1. The van der Waals surface area contributed by atoms with Gasteiger partial charge in [-0.3, -0.25) is 0 Å². The van der Waals surface area contributed by atoms with Crippen LogP contribution >= 0.6 is 0 Å². The highest BCUT2D eigenvalue weighted by atomic mass is 19.1. The summed E-state index contributed by atoms with van der Waals surface area (Å²) in [5.41, 5.74) is 1.94. The Morgan fingerprint density at radius 3 is 2.70 bits per heavy atom. The van der Waals surface area contributed by atoms with Crippen molar-refractivity contribution in [2.75, 3.05) is 6.54 Å². The van der Waals surface area contributed by atoms with E-state index in [0.29, 0.717) is 17.5 Å². The Hall–Kier alpha value is -1.68. The summed E-state index contributed by atoms with van der Waals surface area (Å²) < 4.78 is 32.5. The van der Waals surface area contributed by atoms with E-state index in [9.17, 15) is 8.78 Å². The summed E-state index contributed by atoms with van der Waals surface area (Å²) in [7, 11) is 0. The van der Waals surface area contributed by atoms with Crippen LogP contribution in [-0.2, 0) is 6.42 Å². The average Bonchev–Trinajstić information content (AvgIpc) is 2.92. The van der Waals surface area contributed by atoms with Crippen molar-refractivity contribution >= 4 is 0 Å². The third-order valence-corrected chi connectivity index (χ3v) is 3.31. The Balaban J connectivity index is 2.27. The van der Waals surface area contributed by atoms with Crippen LogP contribution in [0, 0.1) is 18.6 Å². The molecular weight excluding hydrogens is 260 g/mol. The van der Waals surface area contributed by atoms with Gasteiger partial charge in [0.1, 0.15) is 11.6 Å². The van der Waals surface area contributed by atoms with E-state index in [-0.39, 0.29) is 6.04 Å². The molecule has 1 N–H and O–H groups in total. The highest BCUT2D eigenvalue weighted by Gasteiger charge is 2.18. The van der Waals surface area contributed by atoms with Gasteiger partial charge >= 0.3 is 0 Å². The zero-order valence-corrected chi connectivity index (χ0v) is 11.7. The Morgan fingerprint density at radius 2 is 2.05 bits per heavy atom. The first kappa shape index (κ1) is 14.7. The molecule has 0 saturated carbocycles. The van der Waals surface area contributed by atoms with E-state index in [1.165, 1.54) is 0 Å². The van der Waals surface area contributed by atoms with Gasteiger partial charge < -0.3 is 9.73 Å². The molecule has 0 aliphatic carbocycles. The predicted molar refractivity (Wildman–Crippen MR) is 74.5 cm³/mol. The van der Waals surface area contributed by atoms with Gasteiger partial charge in [-0.05, 0) is 49.6 Å². The number of hydrogen-bond acceptors (Lipinski definition) is 2. The van der Waals surface area contributed by atoms with E-state index in [0.717, 1.165) is 24.6 Å². The van der Waals surface area contributed by atoms with Crippen molar-refractivity contribution in [3.05, 3.63) is 59.1 Å². The fraction of sp³-hybridized carbons (Fsp3) is 0.375. The average molecular weight is 279 g/mol. The molecule has 1 atom stereocenters. The van der Waals surface area contributed by atoms with Crippen LogP contribution in [0.1, 0.15) is 36.1 Å². The van der Waals surface area contributed by atoms with Gasteiger partial charge in [0.2, 0.25) is 0 Å². The van der Waals surface area contributed by atoms with Crippen LogP contribution in [0.25, 0.3) is 0 Å². The molecule has 1 aromatic carbocycles. The first-order valence-electron chi connectivity index (χ1n) is 6.81. The molecule has 1 heterocycles. The largest absolute Gasteiger partial charge is 0.472 e.